The molecule has 0 spiro atoms. The average Bonchev–Trinajstić information content (AvgIpc) is 3.00. The van der Waals surface area contributed by atoms with Gasteiger partial charge in [0, 0.05) is 18.2 Å². The van der Waals surface area contributed by atoms with Crippen LogP contribution in [0.25, 0.3) is 0 Å². The zero-order valence-corrected chi connectivity index (χ0v) is 10.0. The van der Waals surface area contributed by atoms with Gasteiger partial charge in [-0.1, -0.05) is 0 Å². The summed E-state index contributed by atoms with van der Waals surface area (Å²) in [5.41, 5.74) is 0.278. The fourth-order valence-electron chi connectivity index (χ4n) is 1.53. The van der Waals surface area contributed by atoms with Gasteiger partial charge in [0.1, 0.15) is 0 Å². The lowest BCUT2D eigenvalue weighted by atomic mass is 10.2. The van der Waals surface area contributed by atoms with Gasteiger partial charge in [0.2, 0.25) is 10.0 Å². The number of benzene rings is 1. The van der Waals surface area contributed by atoms with E-state index < -0.39 is 14.9 Å². The van der Waals surface area contributed by atoms with Crippen molar-refractivity contribution in [1.29, 1.82) is 0 Å². The summed E-state index contributed by atoms with van der Waals surface area (Å²) in [6.45, 7) is 1.55. The maximum Gasteiger partial charge on any atom is 0.269 e. The monoisotopic (exact) mass is 256 g/mol. The number of rotatable bonds is 4. The summed E-state index contributed by atoms with van der Waals surface area (Å²) in [5, 5.41) is 10.5. The normalized spacial score (nSPS) is 15.8. The lowest BCUT2D eigenvalue weighted by molar-refractivity contribution is -0.385. The molecule has 0 unspecified atom stereocenters. The molecule has 17 heavy (non-hydrogen) atoms. The molecule has 1 N–H and O–H groups in total. The zero-order valence-electron chi connectivity index (χ0n) is 9.21. The Kier molecular flexibility index (Phi) is 2.88. The first kappa shape index (κ1) is 12.0. The van der Waals surface area contributed by atoms with Gasteiger partial charge in [-0.15, -0.1) is 0 Å². The molecule has 92 valence electrons. The lowest BCUT2D eigenvalue weighted by Gasteiger charge is -2.07. The summed E-state index contributed by atoms with van der Waals surface area (Å²) in [6, 6.07) is 3.77. The van der Waals surface area contributed by atoms with Crippen molar-refractivity contribution < 1.29 is 13.3 Å². The molecule has 1 aliphatic carbocycles. The van der Waals surface area contributed by atoms with Crippen LogP contribution in [-0.2, 0) is 10.0 Å². The minimum absolute atomic E-state index is 0.0228. The van der Waals surface area contributed by atoms with E-state index >= 15 is 0 Å². The van der Waals surface area contributed by atoms with E-state index in [2.05, 4.69) is 4.72 Å². The number of nitro benzene ring substituents is 1. The molecule has 6 nitrogen and oxygen atoms in total. The zero-order chi connectivity index (χ0) is 12.6. The van der Waals surface area contributed by atoms with Gasteiger partial charge in [-0.25, -0.2) is 13.1 Å². The second-order valence-electron chi connectivity index (χ2n) is 4.10. The number of sulfonamides is 1. The predicted molar refractivity (Wildman–Crippen MR) is 61.2 cm³/mol. The minimum Gasteiger partial charge on any atom is -0.258 e. The summed E-state index contributed by atoms with van der Waals surface area (Å²) in [6.07, 6.45) is 1.70. The van der Waals surface area contributed by atoms with Crippen LogP contribution >= 0.6 is 0 Å². The third-order valence-corrected chi connectivity index (χ3v) is 4.24. The fraction of sp³-hybridized carbons (Fsp3) is 0.400. The van der Waals surface area contributed by atoms with Crippen molar-refractivity contribution in [3.8, 4) is 0 Å². The molecule has 1 aromatic carbocycles. The van der Waals surface area contributed by atoms with Gasteiger partial charge in [-0.05, 0) is 31.4 Å². The Morgan fingerprint density at radius 3 is 2.53 bits per heavy atom. The van der Waals surface area contributed by atoms with Gasteiger partial charge in [-0.2, -0.15) is 0 Å². The molecule has 0 bridgehead atoms. The topological polar surface area (TPSA) is 89.3 Å². The van der Waals surface area contributed by atoms with Crippen LogP contribution in [0.5, 0.6) is 0 Å². The number of hydrogen-bond acceptors (Lipinski definition) is 4. The molecule has 1 saturated carbocycles. The summed E-state index contributed by atoms with van der Waals surface area (Å²) >= 11 is 0. The largest absolute Gasteiger partial charge is 0.269 e. The smallest absolute Gasteiger partial charge is 0.258 e. The molecule has 7 heteroatoms. The van der Waals surface area contributed by atoms with Crippen molar-refractivity contribution in [2.75, 3.05) is 0 Å². The highest BCUT2D eigenvalue weighted by Gasteiger charge is 2.29. The van der Waals surface area contributed by atoms with Crippen molar-refractivity contribution in [3.63, 3.8) is 0 Å². The first-order chi connectivity index (χ1) is 7.90. The first-order valence-electron chi connectivity index (χ1n) is 5.17. The van der Waals surface area contributed by atoms with E-state index in [4.69, 9.17) is 0 Å². The maximum absolute atomic E-state index is 11.9. The fourth-order valence-corrected chi connectivity index (χ4v) is 3.06. The van der Waals surface area contributed by atoms with E-state index in [0.717, 1.165) is 12.8 Å². The average molecular weight is 256 g/mol. The molecule has 0 aromatic heterocycles. The Hall–Kier alpha value is -1.47. The predicted octanol–water partition coefficient (Wildman–Crippen LogP) is 1.34. The van der Waals surface area contributed by atoms with E-state index in [1.54, 1.807) is 6.92 Å². The van der Waals surface area contributed by atoms with Gasteiger partial charge in [0.05, 0.1) is 9.82 Å². The highest BCUT2D eigenvalue weighted by molar-refractivity contribution is 7.89. The summed E-state index contributed by atoms with van der Waals surface area (Å²) in [4.78, 5) is 10.1. The van der Waals surface area contributed by atoms with Crippen LogP contribution in [0, 0.1) is 17.0 Å². The number of nitrogens with one attached hydrogen (secondary N) is 1. The summed E-state index contributed by atoms with van der Waals surface area (Å²) in [7, 11) is -3.54. The van der Waals surface area contributed by atoms with Crippen LogP contribution in [0.4, 0.5) is 5.69 Å². The second kappa shape index (κ2) is 4.08. The van der Waals surface area contributed by atoms with Gasteiger partial charge in [-0.3, -0.25) is 10.1 Å². The molecule has 0 radical (unpaired) electrons. The van der Waals surface area contributed by atoms with Crippen LogP contribution in [0.1, 0.15) is 18.4 Å². The third-order valence-electron chi connectivity index (χ3n) is 2.56. The SMILES string of the molecule is Cc1cc([N+](=O)[O-])ccc1S(=O)(=O)NC1CC1. The van der Waals surface area contributed by atoms with Crippen LogP contribution in [0.2, 0.25) is 0 Å². The van der Waals surface area contributed by atoms with E-state index in [9.17, 15) is 18.5 Å². The van der Waals surface area contributed by atoms with Crippen LogP contribution in [-0.4, -0.2) is 19.4 Å². The highest BCUT2D eigenvalue weighted by Crippen LogP contribution is 2.25. The van der Waals surface area contributed by atoms with Crippen molar-refractivity contribution in [3.05, 3.63) is 33.9 Å². The minimum atomic E-state index is -3.54. The lowest BCUT2D eigenvalue weighted by Crippen LogP contribution is -2.26. The standard InChI is InChI=1S/C10H12N2O4S/c1-7-6-9(12(13)14)4-5-10(7)17(15,16)11-8-2-3-8/h4-6,8,11H,2-3H2,1H3. The maximum atomic E-state index is 11.9. The van der Waals surface area contributed by atoms with Crippen molar-refractivity contribution in [2.45, 2.75) is 30.7 Å². The molecule has 0 heterocycles. The second-order valence-corrected chi connectivity index (χ2v) is 5.78. The molecule has 2 rings (SSSR count). The van der Waals surface area contributed by atoms with Crippen LogP contribution in [0.3, 0.4) is 0 Å². The van der Waals surface area contributed by atoms with Gasteiger partial charge in [0.25, 0.3) is 5.69 Å². The Bertz CT molecular complexity index is 564. The molecule has 0 amide bonds. The van der Waals surface area contributed by atoms with Crippen LogP contribution < -0.4 is 4.72 Å². The molecule has 1 aromatic rings. The quantitative estimate of drug-likeness (QED) is 0.650. The number of nitro groups is 1. The van der Waals surface area contributed by atoms with Crippen LogP contribution in [0.15, 0.2) is 23.1 Å². The van der Waals surface area contributed by atoms with Gasteiger partial charge >= 0.3 is 0 Å². The van der Waals surface area contributed by atoms with E-state index in [-0.39, 0.29) is 16.6 Å². The summed E-state index contributed by atoms with van der Waals surface area (Å²) < 4.78 is 26.3. The molecular weight excluding hydrogens is 244 g/mol. The summed E-state index contributed by atoms with van der Waals surface area (Å²) in [5.74, 6) is 0. The Balaban J connectivity index is 2.35. The number of nitrogens with zero attached hydrogens (tertiary/aromatic N) is 1. The molecule has 0 saturated heterocycles. The van der Waals surface area contributed by atoms with E-state index in [1.165, 1.54) is 18.2 Å². The first-order valence-corrected chi connectivity index (χ1v) is 6.66. The number of aryl methyl sites for hydroxylation is 1. The Morgan fingerprint density at radius 1 is 1.41 bits per heavy atom. The Morgan fingerprint density at radius 2 is 2.06 bits per heavy atom. The molecule has 1 aliphatic rings. The van der Waals surface area contributed by atoms with Gasteiger partial charge < -0.3 is 0 Å². The molecule has 0 aliphatic heterocycles. The van der Waals surface area contributed by atoms with Crippen molar-refractivity contribution in [2.24, 2.45) is 0 Å². The highest BCUT2D eigenvalue weighted by atomic mass is 32.2. The Labute approximate surface area is 98.8 Å². The number of hydrogen-bond donors (Lipinski definition) is 1. The van der Waals surface area contributed by atoms with Crippen molar-refractivity contribution >= 4 is 15.7 Å². The van der Waals surface area contributed by atoms with E-state index in [1.807, 2.05) is 0 Å². The van der Waals surface area contributed by atoms with Gasteiger partial charge in [0.15, 0.2) is 0 Å². The molecule has 0 atom stereocenters. The van der Waals surface area contributed by atoms with E-state index in [0.29, 0.717) is 5.56 Å². The molecular formula is C10H12N2O4S. The third kappa shape index (κ3) is 2.62. The van der Waals surface area contributed by atoms with Crippen molar-refractivity contribution in [1.82, 2.24) is 4.72 Å². The molecule has 1 fully saturated rings. The number of non-ortho nitro benzene ring substituents is 1.